The second-order valence-corrected chi connectivity index (χ2v) is 5.49. The predicted octanol–water partition coefficient (Wildman–Crippen LogP) is 2.79. The van der Waals surface area contributed by atoms with E-state index in [0.29, 0.717) is 5.03 Å². The molecule has 100 valence electrons. The Balaban J connectivity index is 2.39. The summed E-state index contributed by atoms with van der Waals surface area (Å²) in [6, 6.07) is 3.20. The number of aromatic nitrogens is 3. The van der Waals surface area contributed by atoms with Crippen molar-refractivity contribution in [2.75, 3.05) is 0 Å². The Labute approximate surface area is 115 Å². The highest BCUT2D eigenvalue weighted by Crippen LogP contribution is 2.27. The zero-order valence-electron chi connectivity index (χ0n) is 11.0. The predicted molar refractivity (Wildman–Crippen MR) is 72.6 cm³/mol. The van der Waals surface area contributed by atoms with E-state index >= 15 is 0 Å². The van der Waals surface area contributed by atoms with E-state index in [1.165, 1.54) is 11.8 Å². The molecule has 0 unspecified atom stereocenters. The molecule has 2 rings (SSSR count). The van der Waals surface area contributed by atoms with Gasteiger partial charge in [0.2, 0.25) is 0 Å². The molecule has 0 saturated heterocycles. The number of pyridine rings is 1. The Morgan fingerprint density at radius 2 is 2.16 bits per heavy atom. The summed E-state index contributed by atoms with van der Waals surface area (Å²) >= 11 is 1.36. The van der Waals surface area contributed by atoms with Gasteiger partial charge in [0.15, 0.2) is 5.16 Å². The maximum absolute atomic E-state index is 11.1. The van der Waals surface area contributed by atoms with E-state index in [1.807, 2.05) is 31.7 Å². The smallest absolute Gasteiger partial charge is 0.335 e. The van der Waals surface area contributed by atoms with Crippen molar-refractivity contribution in [3.05, 3.63) is 35.8 Å². The molecule has 0 radical (unpaired) electrons. The summed E-state index contributed by atoms with van der Waals surface area (Å²) in [5.41, 5.74) is 1.03. The van der Waals surface area contributed by atoms with Crippen LogP contribution in [-0.4, -0.2) is 25.6 Å². The topological polar surface area (TPSA) is 68.0 Å². The van der Waals surface area contributed by atoms with Gasteiger partial charge in [-0.2, -0.15) is 0 Å². The summed E-state index contributed by atoms with van der Waals surface area (Å²) in [5, 5.41) is 10.6. The van der Waals surface area contributed by atoms with Gasteiger partial charge >= 0.3 is 5.97 Å². The first-order valence-corrected chi connectivity index (χ1v) is 6.69. The fourth-order valence-electron chi connectivity index (χ4n) is 1.54. The van der Waals surface area contributed by atoms with Gasteiger partial charge in [-0.3, -0.25) is 0 Å². The number of imidazole rings is 1. The standard InChI is InChI=1S/C13H15N3O2S/c1-8(2)10-6-9(12(17)18)7-11(15-10)19-13-14-4-5-16(13)3/h4-8H,1-3H3,(H,17,18). The summed E-state index contributed by atoms with van der Waals surface area (Å²) in [5.74, 6) is -0.758. The fraction of sp³-hybridized carbons (Fsp3) is 0.308. The molecule has 0 amide bonds. The minimum atomic E-state index is -0.939. The normalized spacial score (nSPS) is 10.9. The number of aromatic carboxylic acids is 1. The number of nitrogens with zero attached hydrogens (tertiary/aromatic N) is 3. The van der Waals surface area contributed by atoms with Crippen molar-refractivity contribution < 1.29 is 9.90 Å². The highest BCUT2D eigenvalue weighted by Gasteiger charge is 2.12. The van der Waals surface area contributed by atoms with Gasteiger partial charge in [0.25, 0.3) is 0 Å². The highest BCUT2D eigenvalue weighted by atomic mass is 32.2. The molecular weight excluding hydrogens is 262 g/mol. The third kappa shape index (κ3) is 3.14. The average molecular weight is 277 g/mol. The molecule has 0 aliphatic carbocycles. The molecule has 0 spiro atoms. The van der Waals surface area contributed by atoms with Gasteiger partial charge in [0.1, 0.15) is 5.03 Å². The molecule has 0 aromatic carbocycles. The summed E-state index contributed by atoms with van der Waals surface area (Å²) in [6.45, 7) is 3.98. The maximum atomic E-state index is 11.1. The quantitative estimate of drug-likeness (QED) is 0.930. The van der Waals surface area contributed by atoms with Gasteiger partial charge in [-0.25, -0.2) is 14.8 Å². The van der Waals surface area contributed by atoms with Crippen LogP contribution >= 0.6 is 11.8 Å². The molecule has 0 fully saturated rings. The molecule has 2 aromatic rings. The molecule has 0 aliphatic rings. The monoisotopic (exact) mass is 277 g/mol. The lowest BCUT2D eigenvalue weighted by Crippen LogP contribution is -2.02. The Bertz CT molecular complexity index is 608. The second-order valence-electron chi connectivity index (χ2n) is 4.50. The summed E-state index contributed by atoms with van der Waals surface area (Å²) < 4.78 is 1.87. The molecule has 2 heterocycles. The first-order valence-electron chi connectivity index (χ1n) is 5.88. The van der Waals surface area contributed by atoms with Crippen molar-refractivity contribution in [2.45, 2.75) is 29.9 Å². The third-order valence-corrected chi connectivity index (χ3v) is 3.63. The lowest BCUT2D eigenvalue weighted by atomic mass is 10.1. The van der Waals surface area contributed by atoms with Crippen LogP contribution in [0.3, 0.4) is 0 Å². The molecule has 5 nitrogen and oxygen atoms in total. The van der Waals surface area contributed by atoms with E-state index < -0.39 is 5.97 Å². The van der Waals surface area contributed by atoms with Crippen LogP contribution in [0.5, 0.6) is 0 Å². The van der Waals surface area contributed by atoms with Crippen molar-refractivity contribution in [2.24, 2.45) is 7.05 Å². The van der Waals surface area contributed by atoms with Crippen LogP contribution in [0, 0.1) is 0 Å². The Kier molecular flexibility index (Phi) is 3.90. The van der Waals surface area contributed by atoms with Gasteiger partial charge in [0.05, 0.1) is 5.56 Å². The lowest BCUT2D eigenvalue weighted by Gasteiger charge is -2.09. The number of carboxylic acids is 1. The van der Waals surface area contributed by atoms with Crippen LogP contribution in [0.25, 0.3) is 0 Å². The van der Waals surface area contributed by atoms with Gasteiger partial charge in [-0.05, 0) is 29.8 Å². The van der Waals surface area contributed by atoms with Crippen molar-refractivity contribution in [1.29, 1.82) is 0 Å². The SMILES string of the molecule is CC(C)c1cc(C(=O)O)cc(Sc2nccn2C)n1. The molecule has 0 atom stereocenters. The van der Waals surface area contributed by atoms with Crippen LogP contribution < -0.4 is 0 Å². The van der Waals surface area contributed by atoms with Gasteiger partial charge in [-0.1, -0.05) is 13.8 Å². The number of hydrogen-bond donors (Lipinski definition) is 1. The summed E-state index contributed by atoms with van der Waals surface area (Å²) in [7, 11) is 1.89. The molecule has 0 aliphatic heterocycles. The average Bonchev–Trinajstić information content (AvgIpc) is 2.74. The van der Waals surface area contributed by atoms with Crippen molar-refractivity contribution >= 4 is 17.7 Å². The highest BCUT2D eigenvalue weighted by molar-refractivity contribution is 7.99. The molecule has 0 saturated carbocycles. The largest absolute Gasteiger partial charge is 0.478 e. The molecular formula is C13H15N3O2S. The third-order valence-electron chi connectivity index (χ3n) is 2.63. The van der Waals surface area contributed by atoms with Crippen LogP contribution in [0.15, 0.2) is 34.7 Å². The number of carbonyl (C=O) groups is 1. The van der Waals surface area contributed by atoms with E-state index in [-0.39, 0.29) is 11.5 Å². The van der Waals surface area contributed by atoms with Crippen LogP contribution in [0.2, 0.25) is 0 Å². The molecule has 19 heavy (non-hydrogen) atoms. The maximum Gasteiger partial charge on any atom is 0.335 e. The minimum absolute atomic E-state index is 0.181. The van der Waals surface area contributed by atoms with Crippen LogP contribution in [-0.2, 0) is 7.05 Å². The first kappa shape index (κ1) is 13.6. The zero-order chi connectivity index (χ0) is 14.0. The van der Waals surface area contributed by atoms with E-state index in [4.69, 9.17) is 5.11 Å². The van der Waals surface area contributed by atoms with E-state index in [9.17, 15) is 4.79 Å². The number of rotatable bonds is 4. The number of carboxylic acid groups (broad SMARTS) is 1. The molecule has 2 aromatic heterocycles. The van der Waals surface area contributed by atoms with Crippen LogP contribution in [0.4, 0.5) is 0 Å². The van der Waals surface area contributed by atoms with Crippen molar-refractivity contribution in [3.63, 3.8) is 0 Å². The Hall–Kier alpha value is -1.82. The van der Waals surface area contributed by atoms with E-state index in [1.54, 1.807) is 18.3 Å². The Morgan fingerprint density at radius 1 is 1.42 bits per heavy atom. The fourth-order valence-corrected chi connectivity index (χ4v) is 2.38. The minimum Gasteiger partial charge on any atom is -0.478 e. The lowest BCUT2D eigenvalue weighted by molar-refractivity contribution is 0.0696. The second kappa shape index (κ2) is 5.44. The van der Waals surface area contributed by atoms with Gasteiger partial charge < -0.3 is 9.67 Å². The van der Waals surface area contributed by atoms with Crippen molar-refractivity contribution in [1.82, 2.24) is 14.5 Å². The van der Waals surface area contributed by atoms with Gasteiger partial charge in [0, 0.05) is 25.1 Å². The Morgan fingerprint density at radius 3 is 2.68 bits per heavy atom. The van der Waals surface area contributed by atoms with E-state index in [2.05, 4.69) is 9.97 Å². The molecule has 1 N–H and O–H groups in total. The summed E-state index contributed by atoms with van der Waals surface area (Å²) in [4.78, 5) is 19.8. The number of aryl methyl sites for hydroxylation is 1. The van der Waals surface area contributed by atoms with Crippen molar-refractivity contribution in [3.8, 4) is 0 Å². The van der Waals surface area contributed by atoms with E-state index in [0.717, 1.165) is 10.9 Å². The van der Waals surface area contributed by atoms with Gasteiger partial charge in [-0.15, -0.1) is 0 Å². The summed E-state index contributed by atoms with van der Waals surface area (Å²) in [6.07, 6.45) is 3.54. The molecule has 0 bridgehead atoms. The number of hydrogen-bond acceptors (Lipinski definition) is 4. The first-order chi connectivity index (χ1) is 8.97. The zero-order valence-corrected chi connectivity index (χ0v) is 11.8. The van der Waals surface area contributed by atoms with Crippen LogP contribution in [0.1, 0.15) is 35.8 Å². The molecule has 6 heteroatoms.